The van der Waals surface area contributed by atoms with Crippen LogP contribution in [-0.2, 0) is 4.74 Å². The van der Waals surface area contributed by atoms with Gasteiger partial charge in [0.25, 0.3) is 0 Å². The molecule has 1 aromatic carbocycles. The van der Waals surface area contributed by atoms with E-state index in [-0.39, 0.29) is 17.9 Å². The molecule has 0 aliphatic rings. The number of carboxylic acids is 1. The molecule has 1 heterocycles. The third-order valence-corrected chi connectivity index (χ3v) is 2.89. The number of nitrogens with zero attached hydrogens (tertiary/aromatic N) is 1. The van der Waals surface area contributed by atoms with E-state index in [1.165, 1.54) is 6.07 Å². The average Bonchev–Trinajstić information content (AvgIpc) is 2.38. The monoisotopic (exact) mass is 281 g/mol. The molecule has 1 N–H and O–H groups in total. The fraction of sp³-hybridized carbons (Fsp3) is 0.231. The molecular weight excluding hydrogens is 270 g/mol. The van der Waals surface area contributed by atoms with Crippen LogP contribution >= 0.6 is 11.6 Å². The Balaban J connectivity index is 2.48. The molecule has 2 aromatic rings. The van der Waals surface area contributed by atoms with Crippen LogP contribution in [-0.4, -0.2) is 36.4 Å². The van der Waals surface area contributed by atoms with E-state index in [0.29, 0.717) is 22.5 Å². The van der Waals surface area contributed by atoms with Crippen LogP contribution in [0.25, 0.3) is 10.9 Å². The minimum Gasteiger partial charge on any atom is -0.490 e. The van der Waals surface area contributed by atoms with Crippen molar-refractivity contribution in [3.8, 4) is 5.75 Å². The molecule has 2 rings (SSSR count). The number of pyridine rings is 1. The third kappa shape index (κ3) is 2.94. The van der Waals surface area contributed by atoms with Gasteiger partial charge in [0.05, 0.1) is 17.1 Å². The number of fused-ring (bicyclic) bond motifs is 1. The summed E-state index contributed by atoms with van der Waals surface area (Å²) in [6, 6.07) is 4.65. The standard InChI is InChI=1S/C13H12ClNO4/c1-18-4-5-19-12-7-11-8(6-9(12)13(16)17)10(14)2-3-15-11/h2-3,6-7H,4-5H2,1H3,(H,16,17). The van der Waals surface area contributed by atoms with Crippen molar-refractivity contribution in [2.24, 2.45) is 0 Å². The zero-order valence-electron chi connectivity index (χ0n) is 10.2. The van der Waals surface area contributed by atoms with Gasteiger partial charge in [-0.3, -0.25) is 4.98 Å². The van der Waals surface area contributed by atoms with E-state index in [1.54, 1.807) is 25.4 Å². The molecule has 0 spiro atoms. The number of hydrogen-bond acceptors (Lipinski definition) is 4. The van der Waals surface area contributed by atoms with Gasteiger partial charge in [-0.05, 0) is 12.1 Å². The lowest BCUT2D eigenvalue weighted by molar-refractivity contribution is 0.0690. The van der Waals surface area contributed by atoms with E-state index in [9.17, 15) is 9.90 Å². The number of halogens is 1. The predicted octanol–water partition coefficient (Wildman–Crippen LogP) is 2.61. The van der Waals surface area contributed by atoms with Gasteiger partial charge in [0.15, 0.2) is 0 Å². The van der Waals surface area contributed by atoms with E-state index in [4.69, 9.17) is 21.1 Å². The number of benzene rings is 1. The second-order valence-electron chi connectivity index (χ2n) is 3.80. The number of ether oxygens (including phenoxy) is 2. The first kappa shape index (κ1) is 13.6. The highest BCUT2D eigenvalue weighted by Crippen LogP contribution is 2.29. The van der Waals surface area contributed by atoms with Crippen molar-refractivity contribution in [2.45, 2.75) is 0 Å². The van der Waals surface area contributed by atoms with Gasteiger partial charge in [0.1, 0.15) is 17.9 Å². The van der Waals surface area contributed by atoms with Crippen molar-refractivity contribution in [1.29, 1.82) is 0 Å². The number of methoxy groups -OCH3 is 1. The maximum absolute atomic E-state index is 11.2. The lowest BCUT2D eigenvalue weighted by atomic mass is 10.1. The van der Waals surface area contributed by atoms with E-state index in [1.807, 2.05) is 0 Å². The Bertz CT molecular complexity index is 615. The number of aromatic carboxylic acids is 1. The summed E-state index contributed by atoms with van der Waals surface area (Å²) in [5.74, 6) is -0.818. The Hall–Kier alpha value is -1.85. The first-order chi connectivity index (χ1) is 9.13. The molecule has 0 aliphatic heterocycles. The molecular formula is C13H12ClNO4. The second kappa shape index (κ2) is 5.86. The Morgan fingerprint density at radius 1 is 1.42 bits per heavy atom. The SMILES string of the molecule is COCCOc1cc2nccc(Cl)c2cc1C(=O)O. The largest absolute Gasteiger partial charge is 0.490 e. The molecule has 100 valence electrons. The number of carbonyl (C=O) groups is 1. The van der Waals surface area contributed by atoms with E-state index >= 15 is 0 Å². The number of carboxylic acid groups (broad SMARTS) is 1. The molecule has 0 amide bonds. The van der Waals surface area contributed by atoms with E-state index in [0.717, 1.165) is 0 Å². The summed E-state index contributed by atoms with van der Waals surface area (Å²) >= 11 is 6.02. The molecule has 0 radical (unpaired) electrons. The molecule has 0 unspecified atom stereocenters. The zero-order chi connectivity index (χ0) is 13.8. The molecule has 0 bridgehead atoms. The maximum Gasteiger partial charge on any atom is 0.339 e. The molecule has 1 aromatic heterocycles. The van der Waals surface area contributed by atoms with Crippen molar-refractivity contribution in [1.82, 2.24) is 4.98 Å². The van der Waals surface area contributed by atoms with Crippen LogP contribution in [0.2, 0.25) is 5.02 Å². The Kier molecular flexibility index (Phi) is 4.19. The van der Waals surface area contributed by atoms with Crippen LogP contribution < -0.4 is 4.74 Å². The molecule has 5 nitrogen and oxygen atoms in total. The first-order valence-electron chi connectivity index (χ1n) is 5.56. The Labute approximate surface area is 114 Å². The smallest absolute Gasteiger partial charge is 0.339 e. The van der Waals surface area contributed by atoms with Gasteiger partial charge < -0.3 is 14.6 Å². The quantitative estimate of drug-likeness (QED) is 0.853. The zero-order valence-corrected chi connectivity index (χ0v) is 11.0. The van der Waals surface area contributed by atoms with Crippen LogP contribution in [0.4, 0.5) is 0 Å². The van der Waals surface area contributed by atoms with Crippen LogP contribution in [0.1, 0.15) is 10.4 Å². The Morgan fingerprint density at radius 3 is 2.89 bits per heavy atom. The molecule has 0 aliphatic carbocycles. The average molecular weight is 282 g/mol. The topological polar surface area (TPSA) is 68.7 Å². The first-order valence-corrected chi connectivity index (χ1v) is 5.94. The molecule has 0 fully saturated rings. The summed E-state index contributed by atoms with van der Waals surface area (Å²) < 4.78 is 10.3. The highest BCUT2D eigenvalue weighted by molar-refractivity contribution is 6.35. The summed E-state index contributed by atoms with van der Waals surface area (Å²) in [7, 11) is 1.54. The molecule has 0 saturated carbocycles. The highest BCUT2D eigenvalue weighted by atomic mass is 35.5. The summed E-state index contributed by atoms with van der Waals surface area (Å²) in [4.78, 5) is 15.4. The lowest BCUT2D eigenvalue weighted by Gasteiger charge is -2.10. The number of hydrogen-bond donors (Lipinski definition) is 1. The predicted molar refractivity (Wildman–Crippen MR) is 71.1 cm³/mol. The van der Waals surface area contributed by atoms with Crippen LogP contribution in [0.15, 0.2) is 24.4 Å². The minimum absolute atomic E-state index is 0.0542. The van der Waals surface area contributed by atoms with Crippen molar-refractivity contribution < 1.29 is 19.4 Å². The van der Waals surface area contributed by atoms with Crippen molar-refractivity contribution in [3.05, 3.63) is 35.0 Å². The van der Waals surface area contributed by atoms with E-state index < -0.39 is 5.97 Å². The van der Waals surface area contributed by atoms with Crippen LogP contribution in [0, 0.1) is 0 Å². The van der Waals surface area contributed by atoms with Crippen LogP contribution in [0.5, 0.6) is 5.75 Å². The van der Waals surface area contributed by atoms with Gasteiger partial charge in [-0.1, -0.05) is 11.6 Å². The third-order valence-electron chi connectivity index (χ3n) is 2.57. The number of rotatable bonds is 5. The highest BCUT2D eigenvalue weighted by Gasteiger charge is 2.14. The maximum atomic E-state index is 11.2. The van der Waals surface area contributed by atoms with Crippen LogP contribution in [0.3, 0.4) is 0 Å². The minimum atomic E-state index is -1.07. The summed E-state index contributed by atoms with van der Waals surface area (Å²) in [5.41, 5.74) is 0.642. The van der Waals surface area contributed by atoms with Gasteiger partial charge in [-0.2, -0.15) is 0 Å². The summed E-state index contributed by atoms with van der Waals surface area (Å²) in [6.45, 7) is 0.642. The van der Waals surface area contributed by atoms with Crippen molar-refractivity contribution in [3.63, 3.8) is 0 Å². The molecule has 0 saturated heterocycles. The fourth-order valence-electron chi connectivity index (χ4n) is 1.66. The van der Waals surface area contributed by atoms with Gasteiger partial charge in [0.2, 0.25) is 0 Å². The van der Waals surface area contributed by atoms with Gasteiger partial charge in [-0.15, -0.1) is 0 Å². The van der Waals surface area contributed by atoms with Gasteiger partial charge >= 0.3 is 5.97 Å². The fourth-order valence-corrected chi connectivity index (χ4v) is 1.87. The Morgan fingerprint density at radius 2 is 2.21 bits per heavy atom. The summed E-state index contributed by atoms with van der Waals surface area (Å²) in [6.07, 6.45) is 1.56. The molecule has 19 heavy (non-hydrogen) atoms. The van der Waals surface area contributed by atoms with Gasteiger partial charge in [-0.25, -0.2) is 4.79 Å². The van der Waals surface area contributed by atoms with Crippen molar-refractivity contribution in [2.75, 3.05) is 20.3 Å². The van der Waals surface area contributed by atoms with Gasteiger partial charge in [0, 0.05) is 24.8 Å². The van der Waals surface area contributed by atoms with Crippen molar-refractivity contribution >= 4 is 28.5 Å². The lowest BCUT2D eigenvalue weighted by Crippen LogP contribution is -2.08. The summed E-state index contributed by atoms with van der Waals surface area (Å²) in [5, 5.41) is 10.2. The molecule has 6 heteroatoms. The molecule has 0 atom stereocenters. The van der Waals surface area contributed by atoms with E-state index in [2.05, 4.69) is 4.98 Å². The second-order valence-corrected chi connectivity index (χ2v) is 4.21. The normalized spacial score (nSPS) is 10.6. The number of aromatic nitrogens is 1.